The van der Waals surface area contributed by atoms with Crippen LogP contribution in [-0.4, -0.2) is 35.2 Å². The molecule has 0 fully saturated rings. The van der Waals surface area contributed by atoms with Crippen molar-refractivity contribution in [3.05, 3.63) is 107 Å². The number of carboxylic acids is 1. The Bertz CT molecular complexity index is 1110. The number of amides is 2. The fourth-order valence-electron chi connectivity index (χ4n) is 3.32. The SMILES string of the molecule is O=C(N[C@H](Cc1ccccc1)C(=O)N[C@H](Cc1ccccc1Cl)C(=O)O)OCc1ccccc1. The van der Waals surface area contributed by atoms with E-state index in [0.717, 1.165) is 11.1 Å². The molecule has 3 aromatic carbocycles. The molecule has 0 aliphatic carbocycles. The molecule has 34 heavy (non-hydrogen) atoms. The van der Waals surface area contributed by atoms with Crippen molar-refractivity contribution in [1.29, 1.82) is 0 Å². The summed E-state index contributed by atoms with van der Waals surface area (Å²) < 4.78 is 5.25. The Balaban J connectivity index is 1.70. The van der Waals surface area contributed by atoms with Crippen LogP contribution >= 0.6 is 11.6 Å². The average molecular weight is 481 g/mol. The maximum atomic E-state index is 13.1. The molecule has 7 nitrogen and oxygen atoms in total. The van der Waals surface area contributed by atoms with Gasteiger partial charge in [0.15, 0.2) is 0 Å². The summed E-state index contributed by atoms with van der Waals surface area (Å²) in [6.07, 6.45) is -0.624. The second-order valence-corrected chi connectivity index (χ2v) is 8.05. The second kappa shape index (κ2) is 12.4. The Hall–Kier alpha value is -3.84. The van der Waals surface area contributed by atoms with Gasteiger partial charge in [0.05, 0.1) is 0 Å². The summed E-state index contributed by atoms with van der Waals surface area (Å²) in [5, 5.41) is 15.2. The Morgan fingerprint density at radius 3 is 1.97 bits per heavy atom. The number of carboxylic acid groups (broad SMARTS) is 1. The van der Waals surface area contributed by atoms with Crippen molar-refractivity contribution in [1.82, 2.24) is 10.6 Å². The van der Waals surface area contributed by atoms with Gasteiger partial charge in [-0.1, -0.05) is 90.5 Å². The molecule has 0 aromatic heterocycles. The van der Waals surface area contributed by atoms with Gasteiger partial charge in [0.25, 0.3) is 0 Å². The molecule has 2 amide bonds. The highest BCUT2D eigenvalue weighted by atomic mass is 35.5. The number of carbonyl (C=O) groups excluding carboxylic acids is 2. The van der Waals surface area contributed by atoms with E-state index in [9.17, 15) is 19.5 Å². The molecular formula is C26H25ClN2O5. The lowest BCUT2D eigenvalue weighted by Gasteiger charge is -2.22. The minimum absolute atomic E-state index is 0.00272. The average Bonchev–Trinajstić information content (AvgIpc) is 2.84. The van der Waals surface area contributed by atoms with Gasteiger partial charge in [0.1, 0.15) is 18.7 Å². The van der Waals surface area contributed by atoms with Crippen LogP contribution in [0.25, 0.3) is 0 Å². The van der Waals surface area contributed by atoms with Crippen molar-refractivity contribution in [3.63, 3.8) is 0 Å². The third kappa shape index (κ3) is 7.64. The number of aliphatic carboxylic acids is 1. The Morgan fingerprint density at radius 1 is 0.765 bits per heavy atom. The lowest BCUT2D eigenvalue weighted by atomic mass is 10.0. The van der Waals surface area contributed by atoms with Crippen LogP contribution in [0.15, 0.2) is 84.9 Å². The van der Waals surface area contributed by atoms with Crippen LogP contribution in [0.4, 0.5) is 4.79 Å². The highest BCUT2D eigenvalue weighted by molar-refractivity contribution is 6.31. The normalized spacial score (nSPS) is 12.3. The molecule has 0 saturated carbocycles. The van der Waals surface area contributed by atoms with Gasteiger partial charge in [-0.2, -0.15) is 0 Å². The Morgan fingerprint density at radius 2 is 1.35 bits per heavy atom. The highest BCUT2D eigenvalue weighted by Gasteiger charge is 2.28. The van der Waals surface area contributed by atoms with Crippen LogP contribution in [0, 0.1) is 0 Å². The van der Waals surface area contributed by atoms with Crippen LogP contribution in [0.2, 0.25) is 5.02 Å². The van der Waals surface area contributed by atoms with E-state index in [1.165, 1.54) is 0 Å². The van der Waals surface area contributed by atoms with Gasteiger partial charge in [-0.15, -0.1) is 0 Å². The molecule has 0 saturated heterocycles. The quantitative estimate of drug-likeness (QED) is 0.407. The van der Waals surface area contributed by atoms with Crippen LogP contribution in [0.5, 0.6) is 0 Å². The molecular weight excluding hydrogens is 456 g/mol. The van der Waals surface area contributed by atoms with E-state index in [1.807, 2.05) is 60.7 Å². The summed E-state index contributed by atoms with van der Waals surface area (Å²) in [5.41, 5.74) is 2.18. The lowest BCUT2D eigenvalue weighted by Crippen LogP contribution is -2.53. The smallest absolute Gasteiger partial charge is 0.408 e. The number of rotatable bonds is 10. The van der Waals surface area contributed by atoms with E-state index < -0.39 is 30.1 Å². The number of hydrogen-bond donors (Lipinski definition) is 3. The number of hydrogen-bond acceptors (Lipinski definition) is 4. The number of benzene rings is 3. The summed E-state index contributed by atoms with van der Waals surface area (Å²) in [5.74, 6) is -1.85. The molecule has 8 heteroatoms. The lowest BCUT2D eigenvalue weighted by molar-refractivity contribution is -0.142. The topological polar surface area (TPSA) is 105 Å². The van der Waals surface area contributed by atoms with Gasteiger partial charge in [0.2, 0.25) is 5.91 Å². The fraction of sp³-hybridized carbons (Fsp3) is 0.192. The highest BCUT2D eigenvalue weighted by Crippen LogP contribution is 2.17. The minimum atomic E-state index is -1.23. The molecule has 3 N–H and O–H groups in total. The van der Waals surface area contributed by atoms with E-state index >= 15 is 0 Å². The first-order chi connectivity index (χ1) is 16.4. The minimum Gasteiger partial charge on any atom is -0.480 e. The standard InChI is InChI=1S/C26H25ClN2O5/c27-21-14-8-7-13-20(21)16-23(25(31)32)28-24(30)22(15-18-9-3-1-4-10-18)29-26(33)34-17-19-11-5-2-6-12-19/h1-14,22-23H,15-17H2,(H,28,30)(H,29,33)(H,31,32)/t22-,23-/m1/s1. The van der Waals surface area contributed by atoms with Gasteiger partial charge < -0.3 is 20.5 Å². The van der Waals surface area contributed by atoms with E-state index in [2.05, 4.69) is 10.6 Å². The van der Waals surface area contributed by atoms with Gasteiger partial charge in [-0.25, -0.2) is 9.59 Å². The van der Waals surface area contributed by atoms with Crippen molar-refractivity contribution in [2.45, 2.75) is 31.5 Å². The molecule has 176 valence electrons. The molecule has 3 aromatic rings. The van der Waals surface area contributed by atoms with Crippen LogP contribution in [0.3, 0.4) is 0 Å². The maximum Gasteiger partial charge on any atom is 0.408 e. The fourth-order valence-corrected chi connectivity index (χ4v) is 3.54. The number of halogens is 1. The third-order valence-electron chi connectivity index (χ3n) is 5.10. The molecule has 0 bridgehead atoms. The van der Waals surface area contributed by atoms with E-state index in [1.54, 1.807) is 24.3 Å². The number of carbonyl (C=O) groups is 3. The van der Waals surface area contributed by atoms with Gasteiger partial charge in [0, 0.05) is 17.9 Å². The van der Waals surface area contributed by atoms with Gasteiger partial charge in [-0.3, -0.25) is 4.79 Å². The predicted octanol–water partition coefficient (Wildman–Crippen LogP) is 3.99. The zero-order valence-corrected chi connectivity index (χ0v) is 19.1. The van der Waals surface area contributed by atoms with Gasteiger partial charge >= 0.3 is 12.1 Å². The third-order valence-corrected chi connectivity index (χ3v) is 5.47. The monoisotopic (exact) mass is 480 g/mol. The Kier molecular flexibility index (Phi) is 9.05. The molecule has 0 unspecified atom stereocenters. The van der Waals surface area contributed by atoms with Crippen LogP contribution in [0.1, 0.15) is 16.7 Å². The molecule has 0 heterocycles. The largest absolute Gasteiger partial charge is 0.480 e. The van der Waals surface area contributed by atoms with Crippen molar-refractivity contribution >= 4 is 29.6 Å². The van der Waals surface area contributed by atoms with Gasteiger partial charge in [-0.05, 0) is 22.8 Å². The first kappa shape index (κ1) is 24.8. The molecule has 0 aliphatic rings. The summed E-state index contributed by atoms with van der Waals surface area (Å²) in [4.78, 5) is 37.3. The zero-order chi connectivity index (χ0) is 24.3. The van der Waals surface area contributed by atoms with Crippen LogP contribution in [-0.2, 0) is 33.8 Å². The second-order valence-electron chi connectivity index (χ2n) is 7.64. The number of nitrogens with one attached hydrogen (secondary N) is 2. The summed E-state index contributed by atoms with van der Waals surface area (Å²) in [6, 6.07) is 22.8. The molecule has 2 atom stereocenters. The molecule has 3 rings (SSSR count). The van der Waals surface area contributed by atoms with Crippen molar-refractivity contribution in [2.75, 3.05) is 0 Å². The molecule has 0 spiro atoms. The first-order valence-corrected chi connectivity index (χ1v) is 11.1. The molecule has 0 aliphatic heterocycles. The summed E-state index contributed by atoms with van der Waals surface area (Å²) in [6.45, 7) is 0.0383. The zero-order valence-electron chi connectivity index (χ0n) is 18.3. The van der Waals surface area contributed by atoms with Crippen LogP contribution < -0.4 is 10.6 Å². The Labute approximate surface area is 202 Å². The summed E-state index contributed by atoms with van der Waals surface area (Å²) in [7, 11) is 0. The number of alkyl carbamates (subject to hydrolysis) is 1. The van der Waals surface area contributed by atoms with Crippen molar-refractivity contribution in [3.8, 4) is 0 Å². The first-order valence-electron chi connectivity index (χ1n) is 10.7. The van der Waals surface area contributed by atoms with E-state index in [-0.39, 0.29) is 19.4 Å². The maximum absolute atomic E-state index is 13.1. The van der Waals surface area contributed by atoms with E-state index in [4.69, 9.17) is 16.3 Å². The van der Waals surface area contributed by atoms with Crippen molar-refractivity contribution in [2.24, 2.45) is 0 Å². The number of ether oxygens (including phenoxy) is 1. The molecule has 0 radical (unpaired) electrons. The predicted molar refractivity (Wildman–Crippen MR) is 128 cm³/mol. The summed E-state index contributed by atoms with van der Waals surface area (Å²) >= 11 is 6.15. The van der Waals surface area contributed by atoms with E-state index in [0.29, 0.717) is 10.6 Å². The van der Waals surface area contributed by atoms with Crippen molar-refractivity contribution < 1.29 is 24.2 Å².